The summed E-state index contributed by atoms with van der Waals surface area (Å²) in [7, 11) is 0. The molecule has 1 rings (SSSR count). The predicted octanol–water partition coefficient (Wildman–Crippen LogP) is 2.68. The number of nitrogen functional groups attached to an aromatic ring is 1. The Labute approximate surface area is 97.1 Å². The first-order valence-electron chi connectivity index (χ1n) is 5.52. The van der Waals surface area contributed by atoms with Gasteiger partial charge in [0.1, 0.15) is 5.84 Å². The van der Waals surface area contributed by atoms with Crippen molar-refractivity contribution in [2.45, 2.75) is 39.4 Å². The van der Waals surface area contributed by atoms with E-state index in [1.807, 2.05) is 24.3 Å². The van der Waals surface area contributed by atoms with E-state index >= 15 is 0 Å². The monoisotopic (exact) mass is 220 g/mol. The van der Waals surface area contributed by atoms with Crippen LogP contribution < -0.4 is 5.73 Å². The number of nitrogens with one attached hydrogen (secondary N) is 1. The van der Waals surface area contributed by atoms with E-state index in [0.29, 0.717) is 6.61 Å². The van der Waals surface area contributed by atoms with Crippen molar-refractivity contribution in [1.82, 2.24) is 0 Å². The van der Waals surface area contributed by atoms with Crippen LogP contribution in [0.4, 0.5) is 0 Å². The van der Waals surface area contributed by atoms with Gasteiger partial charge in [0, 0.05) is 5.56 Å². The van der Waals surface area contributed by atoms with E-state index in [4.69, 9.17) is 15.9 Å². The highest BCUT2D eigenvalue weighted by molar-refractivity contribution is 5.96. The molecule has 0 aliphatic heterocycles. The summed E-state index contributed by atoms with van der Waals surface area (Å²) in [5, 5.41) is 7.48. The second kappa shape index (κ2) is 5.12. The van der Waals surface area contributed by atoms with Gasteiger partial charge in [-0.15, -0.1) is 0 Å². The Morgan fingerprint density at radius 2 is 2.00 bits per heavy atom. The van der Waals surface area contributed by atoms with Crippen molar-refractivity contribution >= 4 is 5.84 Å². The zero-order chi connectivity index (χ0) is 12.2. The minimum Gasteiger partial charge on any atom is -0.384 e. The van der Waals surface area contributed by atoms with Crippen molar-refractivity contribution in [2.24, 2.45) is 5.73 Å². The average Bonchev–Trinajstić information content (AvgIpc) is 2.27. The van der Waals surface area contributed by atoms with Crippen molar-refractivity contribution in [1.29, 1.82) is 5.41 Å². The number of hydrogen-bond donors (Lipinski definition) is 2. The normalized spacial score (nSPS) is 11.4. The number of hydrogen-bond acceptors (Lipinski definition) is 2. The summed E-state index contributed by atoms with van der Waals surface area (Å²) in [5.74, 6) is 0.0912. The minimum atomic E-state index is -0.135. The van der Waals surface area contributed by atoms with E-state index in [2.05, 4.69) is 20.8 Å². The van der Waals surface area contributed by atoms with E-state index in [-0.39, 0.29) is 11.4 Å². The molecule has 0 aliphatic rings. The average molecular weight is 220 g/mol. The number of rotatable bonds is 5. The molecule has 0 saturated carbocycles. The Morgan fingerprint density at radius 3 is 2.56 bits per heavy atom. The summed E-state index contributed by atoms with van der Waals surface area (Å²) in [6.07, 6.45) is 0.954. The molecular formula is C13H20N2O. The standard InChI is InChI=1S/C13H20N2O/c1-4-13(2,3)16-9-10-7-5-6-8-11(10)12(14)15/h5-8H,4,9H2,1-3H3,(H3,14,15). The van der Waals surface area contributed by atoms with Gasteiger partial charge >= 0.3 is 0 Å². The first-order valence-corrected chi connectivity index (χ1v) is 5.52. The van der Waals surface area contributed by atoms with Crippen LogP contribution in [0.3, 0.4) is 0 Å². The van der Waals surface area contributed by atoms with Gasteiger partial charge in [0.2, 0.25) is 0 Å². The molecule has 0 bridgehead atoms. The van der Waals surface area contributed by atoms with Crippen molar-refractivity contribution in [2.75, 3.05) is 0 Å². The SMILES string of the molecule is CCC(C)(C)OCc1ccccc1C(=N)N. The van der Waals surface area contributed by atoms with Gasteiger partial charge < -0.3 is 10.5 Å². The Bertz CT molecular complexity index is 372. The Kier molecular flexibility index (Phi) is 4.07. The van der Waals surface area contributed by atoms with Gasteiger partial charge in [-0.1, -0.05) is 31.2 Å². The van der Waals surface area contributed by atoms with Crippen LogP contribution in [0.1, 0.15) is 38.3 Å². The van der Waals surface area contributed by atoms with Gasteiger partial charge in [-0.2, -0.15) is 0 Å². The summed E-state index contributed by atoms with van der Waals surface area (Å²) in [6.45, 7) is 6.71. The first kappa shape index (κ1) is 12.7. The van der Waals surface area contributed by atoms with Gasteiger partial charge in [-0.3, -0.25) is 5.41 Å². The third kappa shape index (κ3) is 3.35. The molecule has 0 saturated heterocycles. The minimum absolute atomic E-state index is 0.0912. The molecule has 3 N–H and O–H groups in total. The van der Waals surface area contributed by atoms with E-state index < -0.39 is 0 Å². The molecule has 3 nitrogen and oxygen atoms in total. The summed E-state index contributed by atoms with van der Waals surface area (Å²) in [4.78, 5) is 0. The highest BCUT2D eigenvalue weighted by Gasteiger charge is 2.16. The van der Waals surface area contributed by atoms with Gasteiger partial charge in [0.05, 0.1) is 12.2 Å². The van der Waals surface area contributed by atoms with Gasteiger partial charge in [-0.25, -0.2) is 0 Å². The van der Waals surface area contributed by atoms with Crippen LogP contribution >= 0.6 is 0 Å². The summed E-state index contributed by atoms with van der Waals surface area (Å²) in [5.41, 5.74) is 7.11. The maximum Gasteiger partial charge on any atom is 0.123 e. The maximum atomic E-state index is 7.48. The fourth-order valence-electron chi connectivity index (χ4n) is 1.28. The highest BCUT2D eigenvalue weighted by Crippen LogP contribution is 2.18. The lowest BCUT2D eigenvalue weighted by Crippen LogP contribution is -2.23. The number of benzene rings is 1. The fourth-order valence-corrected chi connectivity index (χ4v) is 1.28. The summed E-state index contributed by atoms with van der Waals surface area (Å²) < 4.78 is 5.80. The summed E-state index contributed by atoms with van der Waals surface area (Å²) in [6, 6.07) is 7.61. The van der Waals surface area contributed by atoms with Gasteiger partial charge in [0.15, 0.2) is 0 Å². The molecule has 0 fully saturated rings. The molecule has 16 heavy (non-hydrogen) atoms. The zero-order valence-electron chi connectivity index (χ0n) is 10.2. The number of ether oxygens (including phenoxy) is 1. The van der Waals surface area contributed by atoms with Crippen molar-refractivity contribution in [3.8, 4) is 0 Å². The molecule has 0 heterocycles. The van der Waals surface area contributed by atoms with Crippen LogP contribution in [0.5, 0.6) is 0 Å². The molecule has 0 atom stereocenters. The molecule has 1 aromatic carbocycles. The van der Waals surface area contributed by atoms with E-state index in [1.165, 1.54) is 0 Å². The lowest BCUT2D eigenvalue weighted by atomic mass is 10.1. The van der Waals surface area contributed by atoms with Crippen LogP contribution in [-0.2, 0) is 11.3 Å². The van der Waals surface area contributed by atoms with Gasteiger partial charge in [0.25, 0.3) is 0 Å². The summed E-state index contributed by atoms with van der Waals surface area (Å²) >= 11 is 0. The van der Waals surface area contributed by atoms with Crippen molar-refractivity contribution in [3.05, 3.63) is 35.4 Å². The van der Waals surface area contributed by atoms with Crippen LogP contribution in [-0.4, -0.2) is 11.4 Å². The zero-order valence-corrected chi connectivity index (χ0v) is 10.2. The molecule has 88 valence electrons. The molecule has 0 unspecified atom stereocenters. The molecule has 0 spiro atoms. The fraction of sp³-hybridized carbons (Fsp3) is 0.462. The van der Waals surface area contributed by atoms with Crippen molar-refractivity contribution < 1.29 is 4.74 Å². The van der Waals surface area contributed by atoms with E-state index in [0.717, 1.165) is 17.5 Å². The molecule has 0 amide bonds. The Balaban J connectivity index is 2.78. The molecule has 0 aliphatic carbocycles. The third-order valence-electron chi connectivity index (χ3n) is 2.78. The third-order valence-corrected chi connectivity index (χ3v) is 2.78. The first-order chi connectivity index (χ1) is 7.46. The van der Waals surface area contributed by atoms with E-state index in [9.17, 15) is 0 Å². The van der Waals surface area contributed by atoms with Crippen LogP contribution in [0.2, 0.25) is 0 Å². The topological polar surface area (TPSA) is 59.1 Å². The second-order valence-electron chi connectivity index (χ2n) is 4.47. The highest BCUT2D eigenvalue weighted by atomic mass is 16.5. The molecule has 0 radical (unpaired) electrons. The number of nitrogens with two attached hydrogens (primary N) is 1. The van der Waals surface area contributed by atoms with Crippen molar-refractivity contribution in [3.63, 3.8) is 0 Å². The Morgan fingerprint density at radius 1 is 1.38 bits per heavy atom. The van der Waals surface area contributed by atoms with Crippen LogP contribution in [0.15, 0.2) is 24.3 Å². The number of amidine groups is 1. The molecule has 3 heteroatoms. The van der Waals surface area contributed by atoms with Gasteiger partial charge in [-0.05, 0) is 25.8 Å². The maximum absolute atomic E-state index is 7.48. The quantitative estimate of drug-likeness (QED) is 0.592. The Hall–Kier alpha value is -1.35. The molecular weight excluding hydrogens is 200 g/mol. The largest absolute Gasteiger partial charge is 0.384 e. The smallest absolute Gasteiger partial charge is 0.123 e. The van der Waals surface area contributed by atoms with Crippen LogP contribution in [0.25, 0.3) is 0 Å². The molecule has 1 aromatic rings. The molecule has 0 aromatic heterocycles. The second-order valence-corrected chi connectivity index (χ2v) is 4.47. The lowest BCUT2D eigenvalue weighted by molar-refractivity contribution is -0.0316. The van der Waals surface area contributed by atoms with E-state index in [1.54, 1.807) is 0 Å². The predicted molar refractivity (Wildman–Crippen MR) is 66.6 cm³/mol. The lowest BCUT2D eigenvalue weighted by Gasteiger charge is -2.24. The van der Waals surface area contributed by atoms with Crippen LogP contribution in [0, 0.1) is 5.41 Å².